The Bertz CT molecular complexity index is 1660. The van der Waals surface area contributed by atoms with Crippen LogP contribution in [0.25, 0.3) is 0 Å². The fraction of sp³-hybridized carbons (Fsp3) is 0.410. The number of anilines is 1. The highest BCUT2D eigenvalue weighted by molar-refractivity contribution is 5.97. The first-order valence-electron chi connectivity index (χ1n) is 17.5. The molecule has 0 aromatic heterocycles. The summed E-state index contributed by atoms with van der Waals surface area (Å²) in [6.45, 7) is 10.5. The Hall–Kier alpha value is -5.79. The van der Waals surface area contributed by atoms with Crippen molar-refractivity contribution in [2.24, 2.45) is 0 Å². The Kier molecular flexibility index (Phi) is 15.5. The minimum atomic E-state index is -1.39. The number of carbonyl (C=O) groups is 5. The maximum atomic E-state index is 14.5. The number of ether oxygens (including phenoxy) is 3. The van der Waals surface area contributed by atoms with Crippen molar-refractivity contribution < 1.29 is 43.3 Å². The van der Waals surface area contributed by atoms with Crippen LogP contribution in [0.5, 0.6) is 0 Å². The molecule has 0 aliphatic heterocycles. The minimum absolute atomic E-state index is 0.0153. The average molecular weight is 734 g/mol. The van der Waals surface area contributed by atoms with Crippen LogP contribution in [0.15, 0.2) is 84.9 Å². The van der Waals surface area contributed by atoms with Gasteiger partial charge in [-0.05, 0) is 83.7 Å². The normalized spacial score (nSPS) is 11.1. The zero-order valence-corrected chi connectivity index (χ0v) is 31.3. The molecule has 0 spiro atoms. The molecule has 0 saturated carbocycles. The molecule has 3 aromatic rings. The first-order valence-corrected chi connectivity index (χ1v) is 17.5. The third-order valence-corrected chi connectivity index (χ3v) is 7.22. The second-order valence-corrected chi connectivity index (χ2v) is 14.1. The maximum absolute atomic E-state index is 14.5. The molecular weight excluding hydrogens is 682 g/mol. The Balaban J connectivity index is 1.85. The number of alkyl carbamates (subject to hydrolysis) is 1. The third-order valence-electron chi connectivity index (χ3n) is 7.22. The van der Waals surface area contributed by atoms with Crippen molar-refractivity contribution in [2.45, 2.75) is 91.6 Å². The van der Waals surface area contributed by atoms with E-state index in [1.54, 1.807) is 71.9 Å². The van der Waals surface area contributed by atoms with Gasteiger partial charge in [-0.3, -0.25) is 0 Å². The second kappa shape index (κ2) is 19.7. The number of unbranched alkanes of at least 4 members (excludes halogenated alkanes) is 3. The van der Waals surface area contributed by atoms with Crippen molar-refractivity contribution >= 4 is 36.0 Å². The number of hydrogen-bond acceptors (Lipinski definition) is 8. The van der Waals surface area contributed by atoms with Gasteiger partial charge in [0.2, 0.25) is 0 Å². The number of hydrazine groups is 2. The Labute approximate surface area is 310 Å². The lowest BCUT2D eigenvalue weighted by atomic mass is 10.2. The fourth-order valence-electron chi connectivity index (χ4n) is 4.89. The maximum Gasteiger partial charge on any atom is 0.427 e. The van der Waals surface area contributed by atoms with Gasteiger partial charge < -0.3 is 24.6 Å². The first-order chi connectivity index (χ1) is 25.0. The van der Waals surface area contributed by atoms with E-state index in [9.17, 15) is 29.1 Å². The van der Waals surface area contributed by atoms with E-state index in [1.807, 2.05) is 30.3 Å². The van der Waals surface area contributed by atoms with Gasteiger partial charge in [-0.2, -0.15) is 5.01 Å². The monoisotopic (exact) mass is 733 g/mol. The van der Waals surface area contributed by atoms with E-state index in [4.69, 9.17) is 14.2 Å². The summed E-state index contributed by atoms with van der Waals surface area (Å²) in [5, 5.41) is 15.9. The smallest absolute Gasteiger partial charge is 0.427 e. The van der Waals surface area contributed by atoms with E-state index >= 15 is 0 Å². The van der Waals surface area contributed by atoms with Gasteiger partial charge >= 0.3 is 30.3 Å². The summed E-state index contributed by atoms with van der Waals surface area (Å²) in [6.07, 6.45) is -0.587. The predicted octanol–water partition coefficient (Wildman–Crippen LogP) is 7.89. The summed E-state index contributed by atoms with van der Waals surface area (Å²) in [6, 6.07) is 22.8. The summed E-state index contributed by atoms with van der Waals surface area (Å²) in [4.78, 5) is 65.4. The van der Waals surface area contributed by atoms with Crippen molar-refractivity contribution in [1.82, 2.24) is 20.8 Å². The molecule has 0 aliphatic rings. The molecule has 14 nitrogen and oxygen atoms in total. The standard InChI is InChI=1S/C39H51N5O9/c1-38(2,3)52-34(46)40-24-15-7-8-16-25-42(37(49)50)43(27-29-18-11-9-12-19-29)36(48)44(41-35(47)53-39(4,5)6)32-23-17-22-31(26-32)33(45)51-28-30-20-13-10-14-21-30/h9-14,17-23,26H,7-8,15-16,24-25,27-28H2,1-6H3,(H,40,46)(H,41,47)(H,49,50). The molecule has 3 rings (SSSR count). The molecule has 0 radical (unpaired) electrons. The van der Waals surface area contributed by atoms with Gasteiger partial charge in [0.05, 0.1) is 17.8 Å². The van der Waals surface area contributed by atoms with Crippen LogP contribution in [0, 0.1) is 0 Å². The van der Waals surface area contributed by atoms with E-state index in [-0.39, 0.29) is 30.9 Å². The molecule has 53 heavy (non-hydrogen) atoms. The number of carbonyl (C=O) groups excluding carboxylic acids is 4. The van der Waals surface area contributed by atoms with Crippen LogP contribution in [-0.4, -0.2) is 69.7 Å². The number of carboxylic acid groups (broad SMARTS) is 1. The molecule has 3 aromatic carbocycles. The van der Waals surface area contributed by atoms with Crippen LogP contribution < -0.4 is 15.8 Å². The lowest BCUT2D eigenvalue weighted by molar-refractivity contribution is 0.0152. The lowest BCUT2D eigenvalue weighted by Crippen LogP contribution is -2.59. The minimum Gasteiger partial charge on any atom is -0.464 e. The van der Waals surface area contributed by atoms with Gasteiger partial charge in [0.15, 0.2) is 0 Å². The van der Waals surface area contributed by atoms with Gasteiger partial charge in [-0.15, -0.1) is 0 Å². The molecular formula is C39H51N5O9. The highest BCUT2D eigenvalue weighted by Crippen LogP contribution is 2.22. The van der Waals surface area contributed by atoms with Crippen LogP contribution in [0.1, 0.15) is 88.7 Å². The van der Waals surface area contributed by atoms with Crippen molar-refractivity contribution in [2.75, 3.05) is 18.1 Å². The number of benzene rings is 3. The summed E-state index contributed by atoms with van der Waals surface area (Å²) in [5.74, 6) is -0.671. The fourth-order valence-corrected chi connectivity index (χ4v) is 4.89. The van der Waals surface area contributed by atoms with Gasteiger partial charge in [-0.25, -0.2) is 39.4 Å². The van der Waals surface area contributed by atoms with E-state index in [1.165, 1.54) is 24.3 Å². The zero-order chi connectivity index (χ0) is 39.0. The lowest BCUT2D eigenvalue weighted by Gasteiger charge is -2.37. The van der Waals surface area contributed by atoms with Crippen molar-refractivity contribution in [3.05, 3.63) is 102 Å². The number of hydrogen-bond donors (Lipinski definition) is 3. The largest absolute Gasteiger partial charge is 0.464 e. The van der Waals surface area contributed by atoms with E-state index in [2.05, 4.69) is 10.7 Å². The van der Waals surface area contributed by atoms with Crippen LogP contribution in [0.2, 0.25) is 0 Å². The predicted molar refractivity (Wildman–Crippen MR) is 199 cm³/mol. The molecule has 0 bridgehead atoms. The summed E-state index contributed by atoms with van der Waals surface area (Å²) in [5.41, 5.74) is 2.46. The molecule has 0 heterocycles. The molecule has 0 unspecified atom stereocenters. The van der Waals surface area contributed by atoms with E-state index in [0.717, 1.165) is 20.6 Å². The summed E-state index contributed by atoms with van der Waals surface area (Å²) in [7, 11) is 0. The van der Waals surface area contributed by atoms with Crippen LogP contribution in [0.3, 0.4) is 0 Å². The highest BCUT2D eigenvalue weighted by Gasteiger charge is 2.33. The molecule has 0 aliphatic carbocycles. The Morgan fingerprint density at radius 1 is 0.679 bits per heavy atom. The van der Waals surface area contributed by atoms with E-state index < -0.39 is 41.5 Å². The van der Waals surface area contributed by atoms with Crippen LogP contribution in [-0.2, 0) is 27.4 Å². The molecule has 3 N–H and O–H groups in total. The van der Waals surface area contributed by atoms with Gasteiger partial charge in [0.1, 0.15) is 17.8 Å². The average Bonchev–Trinajstić information content (AvgIpc) is 3.09. The summed E-state index contributed by atoms with van der Waals surface area (Å²) < 4.78 is 16.2. The van der Waals surface area contributed by atoms with E-state index in [0.29, 0.717) is 37.8 Å². The quantitative estimate of drug-likeness (QED) is 0.0685. The van der Waals surface area contributed by atoms with Gasteiger partial charge in [-0.1, -0.05) is 79.6 Å². The molecule has 0 fully saturated rings. The second-order valence-electron chi connectivity index (χ2n) is 14.1. The third kappa shape index (κ3) is 15.2. The first kappa shape index (κ1) is 41.6. The Morgan fingerprint density at radius 2 is 1.26 bits per heavy atom. The molecule has 5 amide bonds. The van der Waals surface area contributed by atoms with Crippen LogP contribution in [0.4, 0.5) is 24.9 Å². The molecule has 14 heteroatoms. The number of nitrogens with zero attached hydrogens (tertiary/aromatic N) is 3. The molecule has 0 atom stereocenters. The number of esters is 1. The summed E-state index contributed by atoms with van der Waals surface area (Å²) >= 11 is 0. The van der Waals surface area contributed by atoms with Crippen molar-refractivity contribution in [3.8, 4) is 0 Å². The SMILES string of the molecule is CC(C)(C)OC(=O)NCCCCCCN(C(=O)O)N(Cc1ccccc1)C(=O)N(NC(=O)OC(C)(C)C)c1cccc(C(=O)OCc2ccccc2)c1. The topological polar surface area (TPSA) is 167 Å². The zero-order valence-electron chi connectivity index (χ0n) is 31.3. The Morgan fingerprint density at radius 3 is 1.87 bits per heavy atom. The number of amides is 5. The van der Waals surface area contributed by atoms with Gasteiger partial charge in [0, 0.05) is 13.1 Å². The van der Waals surface area contributed by atoms with Crippen LogP contribution >= 0.6 is 0 Å². The number of urea groups is 1. The number of rotatable bonds is 13. The molecule has 0 saturated heterocycles. The van der Waals surface area contributed by atoms with Crippen molar-refractivity contribution in [1.29, 1.82) is 0 Å². The number of nitrogens with one attached hydrogen (secondary N) is 2. The molecule has 286 valence electrons. The highest BCUT2D eigenvalue weighted by atomic mass is 16.6. The van der Waals surface area contributed by atoms with Gasteiger partial charge in [0.25, 0.3) is 0 Å². The van der Waals surface area contributed by atoms with Crippen molar-refractivity contribution in [3.63, 3.8) is 0 Å².